The van der Waals surface area contributed by atoms with Gasteiger partial charge in [-0.2, -0.15) is 0 Å². The molecule has 0 radical (unpaired) electrons. The van der Waals surface area contributed by atoms with Gasteiger partial charge in [-0.05, 0) is 19.1 Å². The van der Waals surface area contributed by atoms with Crippen molar-refractivity contribution in [3.8, 4) is 5.75 Å². The molecule has 0 aliphatic rings. The molecule has 1 amide bonds. The van der Waals surface area contributed by atoms with Gasteiger partial charge < -0.3 is 15.2 Å². The topological polar surface area (TPSA) is 88.5 Å². The highest BCUT2D eigenvalue weighted by Gasteiger charge is 2.20. The molecule has 1 atom stereocenters. The number of carbonyl (C=O) groups is 2. The number of methoxy groups -OCH3 is 1. The molecule has 0 fully saturated rings. The number of anilines is 1. The van der Waals surface area contributed by atoms with Crippen LogP contribution in [0, 0.1) is 0 Å². The third-order valence-corrected chi connectivity index (χ3v) is 4.11. The highest BCUT2D eigenvalue weighted by molar-refractivity contribution is 7.09. The van der Waals surface area contributed by atoms with E-state index in [4.69, 9.17) is 9.84 Å². The fourth-order valence-electron chi connectivity index (χ4n) is 1.86. The predicted molar refractivity (Wildman–Crippen MR) is 83.5 cm³/mol. The summed E-state index contributed by atoms with van der Waals surface area (Å²) in [6, 6.07) is 7.13. The van der Waals surface area contributed by atoms with Crippen LogP contribution in [0.1, 0.15) is 23.5 Å². The summed E-state index contributed by atoms with van der Waals surface area (Å²) in [5.41, 5.74) is 1.05. The molecule has 0 bridgehead atoms. The number of hydrogen-bond acceptors (Lipinski definition) is 5. The smallest absolute Gasteiger partial charge is 0.309 e. The zero-order valence-electron chi connectivity index (χ0n) is 12.2. The van der Waals surface area contributed by atoms with E-state index in [2.05, 4.69) is 10.3 Å². The first-order chi connectivity index (χ1) is 10.5. The Kier molecular flexibility index (Phi) is 5.11. The number of amides is 1. The Morgan fingerprint density at radius 3 is 2.82 bits per heavy atom. The lowest BCUT2D eigenvalue weighted by Gasteiger charge is -2.12. The first kappa shape index (κ1) is 16.0. The van der Waals surface area contributed by atoms with E-state index in [0.29, 0.717) is 22.1 Å². The van der Waals surface area contributed by atoms with E-state index in [-0.39, 0.29) is 12.3 Å². The second-order valence-corrected chi connectivity index (χ2v) is 5.55. The lowest BCUT2D eigenvalue weighted by Crippen LogP contribution is -2.19. The Labute approximate surface area is 131 Å². The average molecular weight is 320 g/mol. The minimum absolute atomic E-state index is 0.142. The molecule has 0 aliphatic carbocycles. The summed E-state index contributed by atoms with van der Waals surface area (Å²) in [6.45, 7) is 1.73. The van der Waals surface area contributed by atoms with Gasteiger partial charge in [-0.25, -0.2) is 4.98 Å². The summed E-state index contributed by atoms with van der Waals surface area (Å²) in [5.74, 6) is -1.06. The molecule has 2 N–H and O–H groups in total. The number of carboxylic acids is 1. The lowest BCUT2D eigenvalue weighted by atomic mass is 10.1. The van der Waals surface area contributed by atoms with Crippen molar-refractivity contribution in [3.63, 3.8) is 0 Å². The van der Waals surface area contributed by atoms with E-state index in [9.17, 15) is 9.59 Å². The number of aliphatic carboxylic acids is 1. The van der Waals surface area contributed by atoms with Gasteiger partial charge in [-0.15, -0.1) is 11.3 Å². The number of thiazole rings is 1. The number of para-hydroxylation sites is 2. The quantitative estimate of drug-likeness (QED) is 0.854. The molecule has 0 saturated heterocycles. The van der Waals surface area contributed by atoms with Crippen molar-refractivity contribution in [1.29, 1.82) is 0 Å². The number of nitrogens with zero attached hydrogens (tertiary/aromatic N) is 1. The number of aromatic nitrogens is 1. The average Bonchev–Trinajstić information content (AvgIpc) is 2.94. The molecule has 7 heteroatoms. The summed E-state index contributed by atoms with van der Waals surface area (Å²) in [4.78, 5) is 27.2. The predicted octanol–water partition coefficient (Wildman–Crippen LogP) is 2.52. The van der Waals surface area contributed by atoms with Gasteiger partial charge in [0.05, 0.1) is 30.8 Å². The van der Waals surface area contributed by atoms with Gasteiger partial charge in [0.15, 0.2) is 0 Å². The number of carboxylic acid groups (broad SMARTS) is 1. The zero-order chi connectivity index (χ0) is 16.1. The Morgan fingerprint density at radius 1 is 1.41 bits per heavy atom. The standard InChI is InChI=1S/C15H16N2O4S/c1-9(15-16-10(8-22-15)7-13(18)19)14(20)17-11-5-3-4-6-12(11)21-2/h3-6,8-9H,7H2,1-2H3,(H,17,20)(H,18,19)/t9-/m1/s1. The van der Waals surface area contributed by atoms with Crippen molar-refractivity contribution in [1.82, 2.24) is 4.98 Å². The minimum Gasteiger partial charge on any atom is -0.495 e. The second-order valence-electron chi connectivity index (χ2n) is 4.66. The maximum atomic E-state index is 12.3. The molecule has 6 nitrogen and oxygen atoms in total. The van der Waals surface area contributed by atoms with E-state index in [1.165, 1.54) is 18.4 Å². The van der Waals surface area contributed by atoms with Gasteiger partial charge >= 0.3 is 5.97 Å². The molecule has 0 unspecified atom stereocenters. The Hall–Kier alpha value is -2.41. The van der Waals surface area contributed by atoms with Crippen molar-refractivity contribution in [3.05, 3.63) is 40.3 Å². The van der Waals surface area contributed by atoms with Crippen molar-refractivity contribution in [2.24, 2.45) is 0 Å². The number of ether oxygens (including phenoxy) is 1. The van der Waals surface area contributed by atoms with Crippen molar-refractivity contribution >= 4 is 28.9 Å². The van der Waals surface area contributed by atoms with Crippen LogP contribution in [0.25, 0.3) is 0 Å². The fraction of sp³-hybridized carbons (Fsp3) is 0.267. The fourth-order valence-corrected chi connectivity index (χ4v) is 2.73. The Bertz CT molecular complexity index is 684. The summed E-state index contributed by atoms with van der Waals surface area (Å²) in [6.07, 6.45) is -0.142. The zero-order valence-corrected chi connectivity index (χ0v) is 13.0. The normalized spacial score (nSPS) is 11.7. The minimum atomic E-state index is -0.942. The third kappa shape index (κ3) is 3.82. The summed E-state index contributed by atoms with van der Waals surface area (Å²) >= 11 is 1.28. The van der Waals surface area contributed by atoms with Crippen molar-refractivity contribution < 1.29 is 19.4 Å². The molecule has 2 aromatic rings. The number of benzene rings is 1. The van der Waals surface area contributed by atoms with Crippen LogP contribution in [0.2, 0.25) is 0 Å². The molecule has 22 heavy (non-hydrogen) atoms. The van der Waals surface area contributed by atoms with Crippen molar-refractivity contribution in [2.45, 2.75) is 19.3 Å². The maximum Gasteiger partial charge on any atom is 0.309 e. The largest absolute Gasteiger partial charge is 0.495 e. The first-order valence-corrected chi connectivity index (χ1v) is 7.49. The summed E-state index contributed by atoms with van der Waals surface area (Å²) < 4.78 is 5.19. The van der Waals surface area contributed by atoms with Crippen LogP contribution in [-0.2, 0) is 16.0 Å². The van der Waals surface area contributed by atoms with Crippen LogP contribution in [0.5, 0.6) is 5.75 Å². The maximum absolute atomic E-state index is 12.3. The molecule has 2 rings (SSSR count). The van der Waals surface area contributed by atoms with E-state index >= 15 is 0 Å². The second kappa shape index (κ2) is 7.04. The van der Waals surface area contributed by atoms with Crippen LogP contribution < -0.4 is 10.1 Å². The molecule has 0 spiro atoms. The van der Waals surface area contributed by atoms with E-state index < -0.39 is 11.9 Å². The number of rotatable bonds is 6. The van der Waals surface area contributed by atoms with Gasteiger partial charge in [0.25, 0.3) is 0 Å². The van der Waals surface area contributed by atoms with Gasteiger partial charge in [0.1, 0.15) is 10.8 Å². The van der Waals surface area contributed by atoms with Crippen LogP contribution in [0.3, 0.4) is 0 Å². The van der Waals surface area contributed by atoms with Crippen LogP contribution in [-0.4, -0.2) is 29.1 Å². The third-order valence-electron chi connectivity index (χ3n) is 3.03. The monoisotopic (exact) mass is 320 g/mol. The number of hydrogen-bond donors (Lipinski definition) is 2. The molecule has 116 valence electrons. The molecule has 0 saturated carbocycles. The Morgan fingerprint density at radius 2 is 2.14 bits per heavy atom. The highest BCUT2D eigenvalue weighted by Crippen LogP contribution is 2.26. The summed E-state index contributed by atoms with van der Waals surface area (Å²) in [5, 5.41) is 13.8. The molecular formula is C15H16N2O4S. The summed E-state index contributed by atoms with van der Waals surface area (Å²) in [7, 11) is 1.54. The van der Waals surface area contributed by atoms with Crippen LogP contribution in [0.4, 0.5) is 5.69 Å². The van der Waals surface area contributed by atoms with Gasteiger partial charge in [0, 0.05) is 5.38 Å². The van der Waals surface area contributed by atoms with Crippen LogP contribution >= 0.6 is 11.3 Å². The molecule has 1 aromatic carbocycles. The molecule has 0 aliphatic heterocycles. The van der Waals surface area contributed by atoms with Gasteiger partial charge in [-0.1, -0.05) is 12.1 Å². The number of nitrogens with one attached hydrogen (secondary N) is 1. The Balaban J connectivity index is 2.08. The first-order valence-electron chi connectivity index (χ1n) is 6.61. The number of carbonyl (C=O) groups excluding carboxylic acids is 1. The van der Waals surface area contributed by atoms with Crippen LogP contribution in [0.15, 0.2) is 29.6 Å². The van der Waals surface area contributed by atoms with E-state index in [1.807, 2.05) is 6.07 Å². The van der Waals surface area contributed by atoms with E-state index in [0.717, 1.165) is 0 Å². The molecular weight excluding hydrogens is 304 g/mol. The van der Waals surface area contributed by atoms with Gasteiger partial charge in [-0.3, -0.25) is 9.59 Å². The molecule has 1 heterocycles. The van der Waals surface area contributed by atoms with Gasteiger partial charge in [0.2, 0.25) is 5.91 Å². The lowest BCUT2D eigenvalue weighted by molar-refractivity contribution is -0.136. The highest BCUT2D eigenvalue weighted by atomic mass is 32.1. The molecule has 1 aromatic heterocycles. The SMILES string of the molecule is COc1ccccc1NC(=O)[C@@H](C)c1nc(CC(=O)O)cs1. The van der Waals surface area contributed by atoms with Crippen molar-refractivity contribution in [2.75, 3.05) is 12.4 Å². The van der Waals surface area contributed by atoms with E-state index in [1.54, 1.807) is 30.5 Å².